The monoisotopic (exact) mass is 548 g/mol. The van der Waals surface area contributed by atoms with Crippen LogP contribution in [0.15, 0.2) is 90.0 Å². The Balaban J connectivity index is 1.56. The SMILES string of the molecule is COc1ccc(-c2cc(-c3ccccc3)c(C#N)c(SC[C@H](O)C[S@@](=O)Cc3ccc(Cl)cc3)n2)cc1. The smallest absolute Gasteiger partial charge is 0.118 e. The lowest BCUT2D eigenvalue weighted by atomic mass is 9.99. The van der Waals surface area contributed by atoms with Crippen LogP contribution < -0.4 is 4.74 Å². The molecule has 0 saturated heterocycles. The molecule has 0 aliphatic heterocycles. The van der Waals surface area contributed by atoms with Crippen LogP contribution in [-0.2, 0) is 16.6 Å². The van der Waals surface area contributed by atoms with Crippen LogP contribution >= 0.6 is 23.4 Å². The lowest BCUT2D eigenvalue weighted by Gasteiger charge is -2.14. The molecule has 8 heteroatoms. The van der Waals surface area contributed by atoms with Gasteiger partial charge in [-0.25, -0.2) is 4.98 Å². The van der Waals surface area contributed by atoms with E-state index in [0.29, 0.717) is 27.1 Å². The minimum atomic E-state index is -1.25. The zero-order chi connectivity index (χ0) is 26.2. The van der Waals surface area contributed by atoms with Gasteiger partial charge in [0.1, 0.15) is 16.8 Å². The maximum atomic E-state index is 12.6. The number of nitriles is 1. The van der Waals surface area contributed by atoms with Crippen molar-refractivity contribution in [2.24, 2.45) is 0 Å². The number of hydrogen-bond donors (Lipinski definition) is 1. The van der Waals surface area contributed by atoms with Crippen LogP contribution in [0, 0.1) is 11.3 Å². The molecule has 4 aromatic rings. The number of rotatable bonds is 10. The fourth-order valence-electron chi connectivity index (χ4n) is 3.75. The molecule has 0 radical (unpaired) electrons. The highest BCUT2D eigenvalue weighted by atomic mass is 35.5. The van der Waals surface area contributed by atoms with Gasteiger partial charge in [0, 0.05) is 38.5 Å². The molecule has 3 aromatic carbocycles. The topological polar surface area (TPSA) is 83.2 Å². The van der Waals surface area contributed by atoms with Crippen LogP contribution in [-0.4, -0.2) is 39.0 Å². The van der Waals surface area contributed by atoms with Crippen LogP contribution in [0.1, 0.15) is 11.1 Å². The van der Waals surface area contributed by atoms with Gasteiger partial charge in [-0.2, -0.15) is 5.26 Å². The molecule has 4 rings (SSSR count). The lowest BCUT2D eigenvalue weighted by Crippen LogP contribution is -2.20. The van der Waals surface area contributed by atoms with Gasteiger partial charge in [-0.05, 0) is 53.6 Å². The van der Waals surface area contributed by atoms with E-state index in [4.69, 9.17) is 21.3 Å². The van der Waals surface area contributed by atoms with Crippen molar-refractivity contribution in [3.63, 3.8) is 0 Å². The maximum absolute atomic E-state index is 12.6. The highest BCUT2D eigenvalue weighted by Crippen LogP contribution is 2.34. The molecule has 0 amide bonds. The summed E-state index contributed by atoms with van der Waals surface area (Å²) in [5.41, 5.74) is 4.62. The van der Waals surface area contributed by atoms with E-state index in [1.807, 2.05) is 72.8 Å². The molecule has 188 valence electrons. The number of halogens is 1. The molecule has 0 unspecified atom stereocenters. The van der Waals surface area contributed by atoms with Crippen molar-refractivity contribution in [1.29, 1.82) is 5.26 Å². The molecule has 0 bridgehead atoms. The second kappa shape index (κ2) is 12.9. The second-order valence-corrected chi connectivity index (χ2v) is 11.2. The Morgan fingerprint density at radius 2 is 1.76 bits per heavy atom. The van der Waals surface area contributed by atoms with Gasteiger partial charge in [0.15, 0.2) is 0 Å². The first-order valence-corrected chi connectivity index (χ1v) is 14.4. The maximum Gasteiger partial charge on any atom is 0.118 e. The van der Waals surface area contributed by atoms with Gasteiger partial charge < -0.3 is 9.84 Å². The van der Waals surface area contributed by atoms with Crippen molar-refractivity contribution in [1.82, 2.24) is 4.98 Å². The molecule has 37 heavy (non-hydrogen) atoms. The first-order valence-electron chi connectivity index (χ1n) is 11.5. The normalized spacial score (nSPS) is 12.5. The predicted molar refractivity (Wildman–Crippen MR) is 151 cm³/mol. The first-order chi connectivity index (χ1) is 18.0. The molecule has 0 aliphatic rings. The van der Waals surface area contributed by atoms with Crippen molar-refractivity contribution >= 4 is 34.2 Å². The number of hydrogen-bond acceptors (Lipinski definition) is 6. The summed E-state index contributed by atoms with van der Waals surface area (Å²) < 4.78 is 17.9. The zero-order valence-electron chi connectivity index (χ0n) is 20.1. The van der Waals surface area contributed by atoms with E-state index in [-0.39, 0.29) is 11.5 Å². The van der Waals surface area contributed by atoms with Gasteiger partial charge in [-0.3, -0.25) is 4.21 Å². The third kappa shape index (κ3) is 7.21. The quantitative estimate of drug-likeness (QED) is 0.232. The Bertz CT molecular complexity index is 1410. The number of pyridine rings is 1. The van der Waals surface area contributed by atoms with Crippen molar-refractivity contribution in [3.05, 3.63) is 101 Å². The number of aliphatic hydroxyl groups is 1. The molecule has 0 spiro atoms. The highest BCUT2D eigenvalue weighted by molar-refractivity contribution is 7.99. The van der Waals surface area contributed by atoms with Crippen molar-refractivity contribution in [2.45, 2.75) is 16.9 Å². The summed E-state index contributed by atoms with van der Waals surface area (Å²) >= 11 is 7.21. The second-order valence-electron chi connectivity index (χ2n) is 8.28. The van der Waals surface area contributed by atoms with Crippen molar-refractivity contribution in [3.8, 4) is 34.2 Å². The van der Waals surface area contributed by atoms with Crippen LogP contribution in [0.2, 0.25) is 5.02 Å². The van der Waals surface area contributed by atoms with Gasteiger partial charge in [0.25, 0.3) is 0 Å². The molecular formula is C29H25ClN2O3S2. The Morgan fingerprint density at radius 1 is 1.05 bits per heavy atom. The number of benzene rings is 3. The highest BCUT2D eigenvalue weighted by Gasteiger charge is 2.18. The average Bonchev–Trinajstić information content (AvgIpc) is 2.93. The fraction of sp³-hybridized carbons (Fsp3) is 0.172. The first kappa shape index (κ1) is 26.9. The number of ether oxygens (including phenoxy) is 1. The summed E-state index contributed by atoms with van der Waals surface area (Å²) in [6.07, 6.45) is -0.823. The van der Waals surface area contributed by atoms with E-state index in [9.17, 15) is 14.6 Å². The van der Waals surface area contributed by atoms with E-state index < -0.39 is 16.9 Å². The Kier molecular flexibility index (Phi) is 9.37. The number of thioether (sulfide) groups is 1. The molecule has 1 aromatic heterocycles. The van der Waals surface area contributed by atoms with Crippen LogP contribution in [0.3, 0.4) is 0 Å². The van der Waals surface area contributed by atoms with Gasteiger partial charge in [0.05, 0.1) is 30.2 Å². The third-order valence-electron chi connectivity index (χ3n) is 5.60. The van der Waals surface area contributed by atoms with E-state index >= 15 is 0 Å². The zero-order valence-corrected chi connectivity index (χ0v) is 22.5. The number of nitrogens with zero attached hydrogens (tertiary/aromatic N) is 2. The molecular weight excluding hydrogens is 524 g/mol. The van der Waals surface area contributed by atoms with Gasteiger partial charge in [-0.1, -0.05) is 54.1 Å². The summed E-state index contributed by atoms with van der Waals surface area (Å²) in [4.78, 5) is 4.78. The summed E-state index contributed by atoms with van der Waals surface area (Å²) in [6.45, 7) is 0. The van der Waals surface area contributed by atoms with Crippen molar-refractivity contribution in [2.75, 3.05) is 18.6 Å². The fourth-order valence-corrected chi connectivity index (χ4v) is 6.19. The molecule has 0 aliphatic carbocycles. The minimum Gasteiger partial charge on any atom is -0.497 e. The van der Waals surface area contributed by atoms with E-state index in [1.54, 1.807) is 19.2 Å². The van der Waals surface area contributed by atoms with E-state index in [0.717, 1.165) is 28.0 Å². The van der Waals surface area contributed by atoms with Gasteiger partial charge >= 0.3 is 0 Å². The average molecular weight is 549 g/mol. The van der Waals surface area contributed by atoms with Crippen LogP contribution in [0.5, 0.6) is 5.75 Å². The largest absolute Gasteiger partial charge is 0.497 e. The molecule has 5 nitrogen and oxygen atoms in total. The molecule has 1 heterocycles. The predicted octanol–water partition coefficient (Wildman–Crippen LogP) is 6.35. The molecule has 0 fully saturated rings. The third-order valence-corrected chi connectivity index (χ3v) is 8.38. The summed E-state index contributed by atoms with van der Waals surface area (Å²) in [6, 6.07) is 28.7. The lowest BCUT2D eigenvalue weighted by molar-refractivity contribution is 0.224. The van der Waals surface area contributed by atoms with E-state index in [1.165, 1.54) is 11.8 Å². The summed E-state index contributed by atoms with van der Waals surface area (Å²) in [5.74, 6) is 1.46. The Hall–Kier alpha value is -3.15. The van der Waals surface area contributed by atoms with E-state index in [2.05, 4.69) is 6.07 Å². The minimum absolute atomic E-state index is 0.126. The van der Waals surface area contributed by atoms with Gasteiger partial charge in [-0.15, -0.1) is 11.8 Å². The van der Waals surface area contributed by atoms with Gasteiger partial charge in [0.2, 0.25) is 0 Å². The van der Waals surface area contributed by atoms with Crippen molar-refractivity contribution < 1.29 is 14.1 Å². The summed E-state index contributed by atoms with van der Waals surface area (Å²) in [5, 5.41) is 21.8. The van der Waals surface area contributed by atoms with Crippen LogP contribution in [0.4, 0.5) is 0 Å². The summed E-state index contributed by atoms with van der Waals surface area (Å²) in [7, 11) is 0.368. The number of methoxy groups -OCH3 is 1. The number of aromatic nitrogens is 1. The molecule has 0 saturated carbocycles. The molecule has 2 atom stereocenters. The standard InChI is InChI=1S/C29H25ClN2O3S2/c1-35-25-13-9-22(10-14-25)28-15-26(21-5-3-2-4-6-21)27(16-31)29(32-28)36-17-24(33)19-37(34)18-20-7-11-23(30)12-8-20/h2-15,24,33H,17-19H2,1H3/t24-,37-/m0/s1. The molecule has 1 N–H and O–H groups in total. The van der Waals surface area contributed by atoms with Crippen LogP contribution in [0.25, 0.3) is 22.4 Å². The Labute approximate surface area is 228 Å². The Morgan fingerprint density at radius 3 is 2.41 bits per heavy atom. The number of aliphatic hydroxyl groups excluding tert-OH is 1.